The first-order chi connectivity index (χ1) is 12.4. The molecule has 0 fully saturated rings. The zero-order chi connectivity index (χ0) is 18.3. The van der Waals surface area contributed by atoms with Crippen LogP contribution in [0.5, 0.6) is 5.75 Å². The Morgan fingerprint density at radius 2 is 1.46 bits per heavy atom. The van der Waals surface area contributed by atoms with Crippen molar-refractivity contribution in [2.75, 3.05) is 11.9 Å². The van der Waals surface area contributed by atoms with Gasteiger partial charge in [0.2, 0.25) is 0 Å². The summed E-state index contributed by atoms with van der Waals surface area (Å²) in [5.74, 6) is -0.222. The van der Waals surface area contributed by atoms with E-state index in [2.05, 4.69) is 10.8 Å². The van der Waals surface area contributed by atoms with Crippen LogP contribution in [-0.2, 0) is 0 Å². The summed E-state index contributed by atoms with van der Waals surface area (Å²) in [6.45, 7) is 0. The smallest absolute Gasteiger partial charge is 0.404 e. The summed E-state index contributed by atoms with van der Waals surface area (Å²) in [5, 5.41) is 2.23. The molecule has 0 atom stereocenters. The number of benzene rings is 3. The van der Waals surface area contributed by atoms with Gasteiger partial charge >= 0.3 is 6.36 Å². The fraction of sp³-hybridized carbons (Fsp3) is 0.100. The lowest BCUT2D eigenvalue weighted by Crippen LogP contribution is -2.19. The Morgan fingerprint density at radius 1 is 0.808 bits per heavy atom. The highest BCUT2D eigenvalue weighted by atomic mass is 32.1. The number of hydrogen-bond acceptors (Lipinski definition) is 3. The van der Waals surface area contributed by atoms with Crippen LogP contribution in [0.3, 0.4) is 0 Å². The Balaban J connectivity index is 1.86. The summed E-state index contributed by atoms with van der Waals surface area (Å²) in [5.41, 5.74) is 1.19. The summed E-state index contributed by atoms with van der Waals surface area (Å²) in [6, 6.07) is 20.1. The van der Waals surface area contributed by atoms with Crippen molar-refractivity contribution in [3.05, 3.63) is 66.7 Å². The lowest BCUT2D eigenvalue weighted by molar-refractivity contribution is -0.274. The third kappa shape index (κ3) is 2.97. The molecule has 3 aromatic carbocycles. The van der Waals surface area contributed by atoms with Crippen molar-refractivity contribution < 1.29 is 17.9 Å². The van der Waals surface area contributed by atoms with Crippen molar-refractivity contribution in [2.24, 2.45) is 0 Å². The molecular formula is C20H14F3NOS. The minimum Gasteiger partial charge on any atom is -0.404 e. The van der Waals surface area contributed by atoms with E-state index in [1.807, 2.05) is 36.4 Å². The van der Waals surface area contributed by atoms with Crippen LogP contribution >= 0.6 is 11.3 Å². The first kappa shape index (κ1) is 16.7. The summed E-state index contributed by atoms with van der Waals surface area (Å²) in [7, 11) is 1.75. The maximum Gasteiger partial charge on any atom is 0.573 e. The van der Waals surface area contributed by atoms with E-state index in [1.54, 1.807) is 35.4 Å². The molecule has 0 unspecified atom stereocenters. The average molecular weight is 373 g/mol. The quantitative estimate of drug-likeness (QED) is 0.395. The average Bonchev–Trinajstić information content (AvgIpc) is 2.99. The van der Waals surface area contributed by atoms with E-state index in [0.29, 0.717) is 5.69 Å². The van der Waals surface area contributed by atoms with Crippen LogP contribution < -0.4 is 9.64 Å². The summed E-state index contributed by atoms with van der Waals surface area (Å²) >= 11 is 1.63. The van der Waals surface area contributed by atoms with E-state index in [-0.39, 0.29) is 5.75 Å². The SMILES string of the molecule is CN(c1ccccc1OC(F)(F)F)c1cccc2c1sc1ccccc12. The van der Waals surface area contributed by atoms with E-state index in [0.717, 1.165) is 25.9 Å². The molecule has 0 amide bonds. The largest absolute Gasteiger partial charge is 0.573 e. The van der Waals surface area contributed by atoms with E-state index in [1.165, 1.54) is 12.1 Å². The van der Waals surface area contributed by atoms with Gasteiger partial charge in [-0.2, -0.15) is 0 Å². The molecule has 4 rings (SSSR count). The Hall–Kier alpha value is -2.73. The molecule has 1 aromatic heterocycles. The molecule has 0 radical (unpaired) electrons. The molecule has 4 aromatic rings. The number of halogens is 3. The molecule has 0 saturated heterocycles. The van der Waals surface area contributed by atoms with Crippen molar-refractivity contribution in [1.82, 2.24) is 0 Å². The van der Waals surface area contributed by atoms with Gasteiger partial charge in [0.15, 0.2) is 5.75 Å². The Labute approximate surface area is 152 Å². The van der Waals surface area contributed by atoms with Gasteiger partial charge in [-0.15, -0.1) is 24.5 Å². The molecule has 0 saturated carbocycles. The van der Waals surface area contributed by atoms with Crippen LogP contribution in [-0.4, -0.2) is 13.4 Å². The monoisotopic (exact) mass is 373 g/mol. The lowest BCUT2D eigenvalue weighted by Gasteiger charge is -2.23. The van der Waals surface area contributed by atoms with E-state index in [9.17, 15) is 13.2 Å². The van der Waals surface area contributed by atoms with Crippen LogP contribution in [0.4, 0.5) is 24.5 Å². The minimum absolute atomic E-state index is 0.222. The van der Waals surface area contributed by atoms with E-state index < -0.39 is 6.36 Å². The molecule has 132 valence electrons. The van der Waals surface area contributed by atoms with Gasteiger partial charge in [-0.1, -0.05) is 42.5 Å². The van der Waals surface area contributed by atoms with Crippen molar-refractivity contribution in [3.8, 4) is 5.75 Å². The maximum atomic E-state index is 12.7. The molecule has 2 nitrogen and oxygen atoms in total. The highest BCUT2D eigenvalue weighted by Crippen LogP contribution is 2.43. The van der Waals surface area contributed by atoms with Crippen molar-refractivity contribution >= 4 is 42.9 Å². The molecule has 0 aliphatic heterocycles. The summed E-state index contributed by atoms with van der Waals surface area (Å²) in [4.78, 5) is 1.73. The predicted molar refractivity (Wildman–Crippen MR) is 101 cm³/mol. The number of rotatable bonds is 3. The Morgan fingerprint density at radius 3 is 2.27 bits per heavy atom. The lowest BCUT2D eigenvalue weighted by atomic mass is 10.1. The molecule has 0 N–H and O–H groups in total. The zero-order valence-corrected chi connectivity index (χ0v) is 14.6. The number of nitrogens with zero attached hydrogens (tertiary/aromatic N) is 1. The van der Waals surface area contributed by atoms with Gasteiger partial charge in [0, 0.05) is 22.5 Å². The molecular weight excluding hydrogens is 359 g/mol. The second kappa shape index (κ2) is 6.21. The third-order valence-electron chi connectivity index (χ3n) is 4.20. The van der Waals surface area contributed by atoms with E-state index in [4.69, 9.17) is 0 Å². The molecule has 26 heavy (non-hydrogen) atoms. The number of fused-ring (bicyclic) bond motifs is 3. The van der Waals surface area contributed by atoms with Crippen LogP contribution in [0.25, 0.3) is 20.2 Å². The van der Waals surface area contributed by atoms with Crippen LogP contribution in [0.15, 0.2) is 66.7 Å². The standard InChI is InChI=1S/C20H14F3NOS/c1-24(15-9-3-4-11-17(15)25-20(21,22)23)16-10-6-8-14-13-7-2-5-12-18(13)26-19(14)16/h2-12H,1H3. The molecule has 0 aliphatic carbocycles. The van der Waals surface area contributed by atoms with Gasteiger partial charge in [0.25, 0.3) is 0 Å². The number of para-hydroxylation sites is 2. The molecule has 6 heteroatoms. The topological polar surface area (TPSA) is 12.5 Å². The minimum atomic E-state index is -4.74. The maximum absolute atomic E-state index is 12.7. The molecule has 0 bridgehead atoms. The number of alkyl halides is 3. The van der Waals surface area contributed by atoms with Crippen molar-refractivity contribution in [1.29, 1.82) is 0 Å². The van der Waals surface area contributed by atoms with Gasteiger partial charge in [-0.05, 0) is 24.3 Å². The Bertz CT molecular complexity index is 1090. The highest BCUT2D eigenvalue weighted by molar-refractivity contribution is 7.26. The van der Waals surface area contributed by atoms with Crippen LogP contribution in [0.2, 0.25) is 0 Å². The number of ether oxygens (including phenoxy) is 1. The van der Waals surface area contributed by atoms with Gasteiger partial charge in [0.1, 0.15) is 0 Å². The highest BCUT2D eigenvalue weighted by Gasteiger charge is 2.32. The second-order valence-electron chi connectivity index (χ2n) is 5.83. The summed E-state index contributed by atoms with van der Waals surface area (Å²) < 4.78 is 44.6. The number of anilines is 2. The molecule has 1 heterocycles. The van der Waals surface area contributed by atoms with Gasteiger partial charge in [-0.25, -0.2) is 0 Å². The first-order valence-electron chi connectivity index (χ1n) is 7.93. The third-order valence-corrected chi connectivity index (χ3v) is 5.41. The fourth-order valence-electron chi connectivity index (χ4n) is 3.07. The fourth-order valence-corrected chi connectivity index (χ4v) is 4.32. The normalized spacial score (nSPS) is 11.8. The van der Waals surface area contributed by atoms with Gasteiger partial charge < -0.3 is 9.64 Å². The van der Waals surface area contributed by atoms with Crippen LogP contribution in [0, 0.1) is 0 Å². The second-order valence-corrected chi connectivity index (χ2v) is 6.88. The predicted octanol–water partition coefficient (Wildman–Crippen LogP) is 6.72. The number of hydrogen-bond donors (Lipinski definition) is 0. The molecule has 0 aliphatic rings. The van der Waals surface area contributed by atoms with Gasteiger partial charge in [0.05, 0.1) is 16.1 Å². The van der Waals surface area contributed by atoms with Crippen molar-refractivity contribution in [3.63, 3.8) is 0 Å². The first-order valence-corrected chi connectivity index (χ1v) is 8.74. The van der Waals surface area contributed by atoms with Crippen molar-refractivity contribution in [2.45, 2.75) is 6.36 Å². The number of thiophene rings is 1. The summed E-state index contributed by atoms with van der Waals surface area (Å²) in [6.07, 6.45) is -4.74. The Kier molecular flexibility index (Phi) is 4.00. The zero-order valence-electron chi connectivity index (χ0n) is 13.7. The van der Waals surface area contributed by atoms with Gasteiger partial charge in [-0.3, -0.25) is 0 Å². The molecule has 0 spiro atoms. The van der Waals surface area contributed by atoms with Crippen LogP contribution in [0.1, 0.15) is 0 Å². The van der Waals surface area contributed by atoms with E-state index >= 15 is 0 Å².